The molecule has 2 heterocycles. The number of benzene rings is 3. The molecular formula is C27H27N3O2. The number of aromatic nitrogens is 2. The number of imidazole rings is 1. The Labute approximate surface area is 188 Å². The molecule has 5 rings (SSSR count). The number of hydrogen-bond acceptors (Lipinski definition) is 3. The Morgan fingerprint density at radius 2 is 1.69 bits per heavy atom. The van der Waals surface area contributed by atoms with E-state index in [2.05, 4.69) is 42.7 Å². The first kappa shape index (κ1) is 20.3. The van der Waals surface area contributed by atoms with Crippen LogP contribution < -0.4 is 9.64 Å². The van der Waals surface area contributed by atoms with Gasteiger partial charge >= 0.3 is 0 Å². The van der Waals surface area contributed by atoms with Crippen LogP contribution in [0.3, 0.4) is 0 Å². The van der Waals surface area contributed by atoms with E-state index in [0.29, 0.717) is 19.5 Å². The molecule has 1 aromatic heterocycles. The van der Waals surface area contributed by atoms with Gasteiger partial charge in [0.1, 0.15) is 11.6 Å². The number of methoxy groups -OCH3 is 1. The average Bonchev–Trinajstić information content (AvgIpc) is 3.35. The number of aryl methyl sites for hydroxylation is 2. The van der Waals surface area contributed by atoms with Crippen LogP contribution in [0, 0.1) is 13.8 Å². The van der Waals surface area contributed by atoms with Gasteiger partial charge in [-0.3, -0.25) is 4.79 Å². The van der Waals surface area contributed by atoms with Crippen molar-refractivity contribution in [3.63, 3.8) is 0 Å². The summed E-state index contributed by atoms with van der Waals surface area (Å²) in [6.07, 6.45) is 0.461. The highest BCUT2D eigenvalue weighted by Gasteiger charge is 2.36. The van der Waals surface area contributed by atoms with E-state index in [9.17, 15) is 4.79 Å². The minimum atomic E-state index is 0.0311. The zero-order chi connectivity index (χ0) is 22.2. The number of para-hydroxylation sites is 4. The fourth-order valence-corrected chi connectivity index (χ4v) is 4.90. The highest BCUT2D eigenvalue weighted by atomic mass is 16.5. The number of anilines is 1. The molecule has 32 heavy (non-hydrogen) atoms. The minimum absolute atomic E-state index is 0.0311. The van der Waals surface area contributed by atoms with Crippen molar-refractivity contribution in [3.05, 3.63) is 89.2 Å². The Hall–Kier alpha value is -3.60. The largest absolute Gasteiger partial charge is 0.496 e. The van der Waals surface area contributed by atoms with Gasteiger partial charge in [0.2, 0.25) is 5.91 Å². The average molecular weight is 426 g/mol. The van der Waals surface area contributed by atoms with E-state index in [0.717, 1.165) is 45.0 Å². The molecule has 0 radical (unpaired) electrons. The molecule has 1 amide bonds. The molecule has 0 aliphatic carbocycles. The topological polar surface area (TPSA) is 47.4 Å². The molecule has 0 saturated carbocycles. The molecule has 0 bridgehead atoms. The Bertz CT molecular complexity index is 1290. The summed E-state index contributed by atoms with van der Waals surface area (Å²) >= 11 is 0. The predicted molar refractivity (Wildman–Crippen MR) is 127 cm³/mol. The SMILES string of the molecule is COc1ccccc1Cn1c(C2CC(=O)N(c3c(C)cccc3C)C2)nc2ccccc21. The highest BCUT2D eigenvalue weighted by molar-refractivity contribution is 5.98. The van der Waals surface area contributed by atoms with Crippen molar-refractivity contribution in [2.24, 2.45) is 0 Å². The zero-order valence-electron chi connectivity index (χ0n) is 18.7. The maximum absolute atomic E-state index is 13.1. The zero-order valence-corrected chi connectivity index (χ0v) is 18.7. The lowest BCUT2D eigenvalue weighted by Gasteiger charge is -2.22. The first-order chi connectivity index (χ1) is 15.6. The number of carbonyl (C=O) groups is 1. The number of rotatable bonds is 5. The van der Waals surface area contributed by atoms with E-state index in [-0.39, 0.29) is 11.8 Å². The quantitative estimate of drug-likeness (QED) is 0.440. The summed E-state index contributed by atoms with van der Waals surface area (Å²) in [5, 5.41) is 0. The Balaban J connectivity index is 1.56. The molecule has 0 N–H and O–H groups in total. The van der Waals surface area contributed by atoms with Crippen LogP contribution in [0.1, 0.15) is 34.9 Å². The van der Waals surface area contributed by atoms with E-state index in [1.807, 2.05) is 47.4 Å². The second-order valence-electron chi connectivity index (χ2n) is 8.50. The van der Waals surface area contributed by atoms with Crippen molar-refractivity contribution < 1.29 is 9.53 Å². The van der Waals surface area contributed by atoms with E-state index in [1.54, 1.807) is 7.11 Å². The second-order valence-corrected chi connectivity index (χ2v) is 8.50. The molecule has 162 valence electrons. The van der Waals surface area contributed by atoms with Gasteiger partial charge in [-0.15, -0.1) is 0 Å². The van der Waals surface area contributed by atoms with Crippen LogP contribution in [0.2, 0.25) is 0 Å². The minimum Gasteiger partial charge on any atom is -0.496 e. The summed E-state index contributed by atoms with van der Waals surface area (Å²) in [5.74, 6) is 2.00. The fourth-order valence-electron chi connectivity index (χ4n) is 4.90. The first-order valence-electron chi connectivity index (χ1n) is 11.0. The number of nitrogens with zero attached hydrogens (tertiary/aromatic N) is 3. The van der Waals surface area contributed by atoms with Crippen LogP contribution in [0.15, 0.2) is 66.7 Å². The summed E-state index contributed by atoms with van der Waals surface area (Å²) in [6, 6.07) is 22.4. The van der Waals surface area contributed by atoms with Gasteiger partial charge in [-0.05, 0) is 43.2 Å². The smallest absolute Gasteiger partial charge is 0.227 e. The van der Waals surface area contributed by atoms with E-state index in [1.165, 1.54) is 0 Å². The number of hydrogen-bond donors (Lipinski definition) is 0. The molecule has 5 heteroatoms. The standard InChI is InChI=1S/C27H27N3O2/c1-18-9-8-10-19(2)26(18)30-17-21(15-25(30)31)27-28-22-12-5-6-13-23(22)29(27)16-20-11-4-7-14-24(20)32-3/h4-14,21H,15-17H2,1-3H3. The maximum atomic E-state index is 13.1. The lowest BCUT2D eigenvalue weighted by molar-refractivity contribution is -0.117. The molecule has 1 unspecified atom stereocenters. The first-order valence-corrected chi connectivity index (χ1v) is 11.0. The van der Waals surface area contributed by atoms with Gasteiger partial charge < -0.3 is 14.2 Å². The molecule has 1 aliphatic rings. The van der Waals surface area contributed by atoms with Crippen LogP contribution in [0.4, 0.5) is 5.69 Å². The number of carbonyl (C=O) groups excluding carboxylic acids is 1. The molecule has 4 aromatic rings. The summed E-state index contributed by atoms with van der Waals surface area (Å²) in [6.45, 7) is 5.42. The van der Waals surface area contributed by atoms with E-state index >= 15 is 0 Å². The van der Waals surface area contributed by atoms with Crippen LogP contribution in [-0.4, -0.2) is 29.1 Å². The van der Waals surface area contributed by atoms with Crippen molar-refractivity contribution >= 4 is 22.6 Å². The van der Waals surface area contributed by atoms with Crippen molar-refractivity contribution in [3.8, 4) is 5.75 Å². The summed E-state index contributed by atoms with van der Waals surface area (Å²) < 4.78 is 7.84. The monoisotopic (exact) mass is 425 g/mol. The number of fused-ring (bicyclic) bond motifs is 1. The second kappa shape index (κ2) is 8.15. The van der Waals surface area contributed by atoms with Crippen molar-refractivity contribution in [1.29, 1.82) is 0 Å². The summed E-state index contributed by atoms with van der Waals surface area (Å²) in [7, 11) is 1.70. The molecule has 5 nitrogen and oxygen atoms in total. The van der Waals surface area contributed by atoms with Crippen LogP contribution in [0.25, 0.3) is 11.0 Å². The summed E-state index contributed by atoms with van der Waals surface area (Å²) in [5.41, 5.74) is 6.41. The van der Waals surface area contributed by atoms with Gasteiger partial charge in [0.15, 0.2) is 0 Å². The lowest BCUT2D eigenvalue weighted by Crippen LogP contribution is -2.26. The number of ether oxygens (including phenoxy) is 1. The number of amides is 1. The third kappa shape index (κ3) is 3.44. The van der Waals surface area contributed by atoms with Gasteiger partial charge in [0.05, 0.1) is 24.7 Å². The third-order valence-corrected chi connectivity index (χ3v) is 6.40. The van der Waals surface area contributed by atoms with Crippen molar-refractivity contribution in [1.82, 2.24) is 9.55 Å². The maximum Gasteiger partial charge on any atom is 0.227 e. The van der Waals surface area contributed by atoms with Crippen LogP contribution in [-0.2, 0) is 11.3 Å². The van der Waals surface area contributed by atoms with Crippen molar-refractivity contribution in [2.45, 2.75) is 32.7 Å². The highest BCUT2D eigenvalue weighted by Crippen LogP contribution is 2.36. The molecular weight excluding hydrogens is 398 g/mol. The van der Waals surface area contributed by atoms with Gasteiger partial charge in [0.25, 0.3) is 0 Å². The predicted octanol–water partition coefficient (Wildman–Crippen LogP) is 5.23. The molecule has 3 aromatic carbocycles. The fraction of sp³-hybridized carbons (Fsp3) is 0.259. The third-order valence-electron chi connectivity index (χ3n) is 6.40. The normalized spacial score (nSPS) is 16.2. The Morgan fingerprint density at radius 1 is 0.969 bits per heavy atom. The molecule has 1 saturated heterocycles. The van der Waals surface area contributed by atoms with Gasteiger partial charge in [-0.25, -0.2) is 4.98 Å². The molecule has 0 spiro atoms. The molecule has 1 atom stereocenters. The van der Waals surface area contributed by atoms with Crippen LogP contribution in [0.5, 0.6) is 5.75 Å². The Morgan fingerprint density at radius 3 is 2.47 bits per heavy atom. The molecule has 1 fully saturated rings. The molecule has 1 aliphatic heterocycles. The lowest BCUT2D eigenvalue weighted by atomic mass is 10.1. The van der Waals surface area contributed by atoms with Gasteiger partial charge in [-0.1, -0.05) is 48.5 Å². The van der Waals surface area contributed by atoms with Gasteiger partial charge in [-0.2, -0.15) is 0 Å². The van der Waals surface area contributed by atoms with E-state index in [4.69, 9.17) is 9.72 Å². The van der Waals surface area contributed by atoms with Crippen LogP contribution >= 0.6 is 0 Å². The van der Waals surface area contributed by atoms with Gasteiger partial charge in [0, 0.05) is 30.1 Å². The summed E-state index contributed by atoms with van der Waals surface area (Å²) in [4.78, 5) is 20.1. The van der Waals surface area contributed by atoms with Crippen molar-refractivity contribution in [2.75, 3.05) is 18.6 Å². The Kier molecular flexibility index (Phi) is 5.17. The van der Waals surface area contributed by atoms with E-state index < -0.39 is 0 Å².